The topological polar surface area (TPSA) is 77.8 Å². The maximum Gasteiger partial charge on any atom is 0.274 e. The quantitative estimate of drug-likeness (QED) is 0.654. The number of hydrogen-bond acceptors (Lipinski definition) is 4. The van der Waals surface area contributed by atoms with Crippen molar-refractivity contribution >= 4 is 34.6 Å². The Morgan fingerprint density at radius 1 is 1.11 bits per heavy atom. The molecule has 0 atom stereocenters. The van der Waals surface area contributed by atoms with Gasteiger partial charge in [-0.15, -0.1) is 0 Å². The summed E-state index contributed by atoms with van der Waals surface area (Å²) in [6.45, 7) is 3.96. The number of rotatable bonds is 4. The third-order valence-electron chi connectivity index (χ3n) is 3.94. The lowest BCUT2D eigenvalue weighted by atomic mass is 10.1. The first-order chi connectivity index (χ1) is 13.0. The number of nitrogens with one attached hydrogen (secondary N) is 2. The van der Waals surface area contributed by atoms with E-state index in [1.165, 1.54) is 0 Å². The summed E-state index contributed by atoms with van der Waals surface area (Å²) in [5.41, 5.74) is 4.85. The van der Waals surface area contributed by atoms with Crippen LogP contribution in [0.4, 0.5) is 17.1 Å². The van der Waals surface area contributed by atoms with Crippen LogP contribution in [-0.4, -0.2) is 10.9 Å². The number of pyridine rings is 1. The number of hydrogen-bond donors (Lipinski definition) is 2. The number of carbonyl (C=O) groups excluding carboxylic acids is 1. The molecule has 2 N–H and O–H groups in total. The van der Waals surface area contributed by atoms with Crippen LogP contribution < -0.4 is 10.6 Å². The zero-order valence-corrected chi connectivity index (χ0v) is 15.6. The smallest absolute Gasteiger partial charge is 0.274 e. The summed E-state index contributed by atoms with van der Waals surface area (Å²) >= 11 is 6.34. The Morgan fingerprint density at radius 3 is 2.67 bits per heavy atom. The molecule has 3 rings (SSSR count). The van der Waals surface area contributed by atoms with Crippen LogP contribution in [0.25, 0.3) is 0 Å². The monoisotopic (exact) mass is 376 g/mol. The van der Waals surface area contributed by atoms with Crippen molar-refractivity contribution in [2.45, 2.75) is 13.8 Å². The predicted molar refractivity (Wildman–Crippen MR) is 108 cm³/mol. The van der Waals surface area contributed by atoms with Gasteiger partial charge in [-0.3, -0.25) is 9.78 Å². The highest BCUT2D eigenvalue weighted by molar-refractivity contribution is 6.33. The van der Waals surface area contributed by atoms with Crippen LogP contribution in [0.2, 0.25) is 5.02 Å². The molecule has 0 saturated carbocycles. The number of carbonyl (C=O) groups is 1. The molecule has 0 fully saturated rings. The first-order valence-corrected chi connectivity index (χ1v) is 8.65. The van der Waals surface area contributed by atoms with E-state index in [9.17, 15) is 4.79 Å². The highest BCUT2D eigenvalue weighted by atomic mass is 35.5. The number of anilines is 3. The number of halogens is 1. The van der Waals surface area contributed by atoms with E-state index < -0.39 is 0 Å². The van der Waals surface area contributed by atoms with Crippen molar-refractivity contribution in [2.24, 2.45) is 0 Å². The molecular weight excluding hydrogens is 360 g/mol. The fourth-order valence-electron chi connectivity index (χ4n) is 2.71. The summed E-state index contributed by atoms with van der Waals surface area (Å²) in [5, 5.41) is 15.6. The minimum absolute atomic E-state index is 0.253. The molecule has 0 aliphatic rings. The first-order valence-electron chi connectivity index (χ1n) is 8.27. The molecular formula is C21H17ClN4O. The van der Waals surface area contributed by atoms with Crippen LogP contribution in [0, 0.1) is 25.2 Å². The molecule has 27 heavy (non-hydrogen) atoms. The molecule has 0 spiro atoms. The highest BCUT2D eigenvalue weighted by Gasteiger charge is 2.11. The Balaban J connectivity index is 1.81. The Labute approximate surface area is 162 Å². The minimum Gasteiger partial charge on any atom is -0.354 e. The molecule has 1 heterocycles. The van der Waals surface area contributed by atoms with Gasteiger partial charge in [0.25, 0.3) is 5.91 Å². The average molecular weight is 377 g/mol. The second-order valence-corrected chi connectivity index (χ2v) is 6.55. The summed E-state index contributed by atoms with van der Waals surface area (Å²) in [5.74, 6) is -0.361. The van der Waals surface area contributed by atoms with Gasteiger partial charge in [-0.2, -0.15) is 5.26 Å². The molecule has 0 radical (unpaired) electrons. The Bertz CT molecular complexity index is 1030. The van der Waals surface area contributed by atoms with Crippen molar-refractivity contribution in [1.29, 1.82) is 5.26 Å². The zero-order chi connectivity index (χ0) is 19.4. The molecule has 0 unspecified atom stereocenters. The predicted octanol–water partition coefficient (Wildman–Crippen LogP) is 5.22. The molecule has 0 bridgehead atoms. The minimum atomic E-state index is -0.361. The van der Waals surface area contributed by atoms with Crippen LogP contribution >= 0.6 is 11.6 Å². The normalized spacial score (nSPS) is 10.1. The van der Waals surface area contributed by atoms with E-state index >= 15 is 0 Å². The molecule has 134 valence electrons. The van der Waals surface area contributed by atoms with E-state index in [1.807, 2.05) is 32.0 Å². The fourth-order valence-corrected chi connectivity index (χ4v) is 3.08. The molecule has 1 aromatic heterocycles. The lowest BCUT2D eigenvalue weighted by Crippen LogP contribution is -2.14. The lowest BCUT2D eigenvalue weighted by Gasteiger charge is -2.13. The van der Waals surface area contributed by atoms with E-state index in [0.29, 0.717) is 22.0 Å². The second-order valence-electron chi connectivity index (χ2n) is 6.14. The molecule has 1 amide bonds. The van der Waals surface area contributed by atoms with Gasteiger partial charge in [-0.25, -0.2) is 0 Å². The SMILES string of the molecule is Cc1cc(C)c(Nc2ccnc(C(=O)Nc3cccc(C#N)c3)c2)c(Cl)c1. The van der Waals surface area contributed by atoms with E-state index in [0.717, 1.165) is 16.8 Å². The lowest BCUT2D eigenvalue weighted by molar-refractivity contribution is 0.102. The van der Waals surface area contributed by atoms with Crippen LogP contribution in [0.1, 0.15) is 27.2 Å². The number of nitriles is 1. The van der Waals surface area contributed by atoms with Gasteiger partial charge in [0.1, 0.15) is 5.69 Å². The Kier molecular flexibility index (Phi) is 5.39. The van der Waals surface area contributed by atoms with Crippen molar-refractivity contribution in [3.8, 4) is 6.07 Å². The average Bonchev–Trinajstić information content (AvgIpc) is 2.65. The third kappa shape index (κ3) is 4.43. The van der Waals surface area contributed by atoms with Gasteiger partial charge < -0.3 is 10.6 Å². The van der Waals surface area contributed by atoms with Crippen molar-refractivity contribution in [3.05, 3.63) is 82.1 Å². The number of nitrogens with zero attached hydrogens (tertiary/aromatic N) is 2. The molecule has 3 aromatic rings. The van der Waals surface area contributed by atoms with Crippen molar-refractivity contribution in [3.63, 3.8) is 0 Å². The van der Waals surface area contributed by atoms with Crippen molar-refractivity contribution in [2.75, 3.05) is 10.6 Å². The largest absolute Gasteiger partial charge is 0.354 e. The summed E-state index contributed by atoms with van der Waals surface area (Å²) < 4.78 is 0. The number of benzene rings is 2. The molecule has 0 saturated heterocycles. The van der Waals surface area contributed by atoms with Gasteiger partial charge in [0.15, 0.2) is 0 Å². The summed E-state index contributed by atoms with van der Waals surface area (Å²) in [6.07, 6.45) is 1.56. The summed E-state index contributed by atoms with van der Waals surface area (Å²) in [6, 6.07) is 16.1. The zero-order valence-electron chi connectivity index (χ0n) is 14.9. The number of aryl methyl sites for hydroxylation is 2. The summed E-state index contributed by atoms with van der Waals surface area (Å²) in [7, 11) is 0. The maximum atomic E-state index is 12.5. The van der Waals surface area contributed by atoms with Gasteiger partial charge in [0.05, 0.1) is 22.3 Å². The maximum absolute atomic E-state index is 12.5. The molecule has 0 aliphatic carbocycles. The number of aromatic nitrogens is 1. The van der Waals surface area contributed by atoms with Crippen molar-refractivity contribution in [1.82, 2.24) is 4.98 Å². The molecule has 5 nitrogen and oxygen atoms in total. The van der Waals surface area contributed by atoms with Gasteiger partial charge in [-0.05, 0) is 61.4 Å². The van der Waals surface area contributed by atoms with Gasteiger partial charge in [-0.1, -0.05) is 23.7 Å². The Morgan fingerprint density at radius 2 is 1.93 bits per heavy atom. The van der Waals surface area contributed by atoms with Gasteiger partial charge >= 0.3 is 0 Å². The van der Waals surface area contributed by atoms with E-state index in [4.69, 9.17) is 16.9 Å². The van der Waals surface area contributed by atoms with Crippen LogP contribution in [0.15, 0.2) is 54.7 Å². The van der Waals surface area contributed by atoms with E-state index in [2.05, 4.69) is 15.6 Å². The van der Waals surface area contributed by atoms with Crippen molar-refractivity contribution < 1.29 is 4.79 Å². The second kappa shape index (κ2) is 7.90. The third-order valence-corrected chi connectivity index (χ3v) is 4.24. The highest BCUT2D eigenvalue weighted by Crippen LogP contribution is 2.30. The molecule has 6 heteroatoms. The molecule has 2 aromatic carbocycles. The summed E-state index contributed by atoms with van der Waals surface area (Å²) in [4.78, 5) is 16.6. The van der Waals surface area contributed by atoms with Crippen LogP contribution in [0.5, 0.6) is 0 Å². The van der Waals surface area contributed by atoms with E-state index in [-0.39, 0.29) is 11.6 Å². The molecule has 0 aliphatic heterocycles. The van der Waals surface area contributed by atoms with Gasteiger partial charge in [0, 0.05) is 17.6 Å². The number of amides is 1. The van der Waals surface area contributed by atoms with Crippen LogP contribution in [-0.2, 0) is 0 Å². The Hall–Kier alpha value is -3.36. The fraction of sp³-hybridized carbons (Fsp3) is 0.0952. The van der Waals surface area contributed by atoms with E-state index in [1.54, 1.807) is 42.6 Å². The van der Waals surface area contributed by atoms with Gasteiger partial charge in [0.2, 0.25) is 0 Å². The standard InChI is InChI=1S/C21H17ClN4O/c1-13-8-14(2)20(18(22)9-13)25-17-6-7-24-19(11-17)21(27)26-16-5-3-4-15(10-16)12-23/h3-11H,1-2H3,(H,24,25)(H,26,27). The van der Waals surface area contributed by atoms with Crippen LogP contribution in [0.3, 0.4) is 0 Å². The first kappa shape index (κ1) is 18.4.